The lowest BCUT2D eigenvalue weighted by molar-refractivity contribution is 1.13. The van der Waals surface area contributed by atoms with Gasteiger partial charge in [0.15, 0.2) is 0 Å². The first kappa shape index (κ1) is 21.0. The molecule has 0 spiro atoms. The number of fused-ring (bicyclic) bond motifs is 5. The molecule has 0 amide bonds. The Hall–Kier alpha value is -5.15. The number of nitrogens with zero attached hydrogens (tertiary/aromatic N) is 3. The van der Waals surface area contributed by atoms with E-state index in [0.29, 0.717) is 0 Å². The van der Waals surface area contributed by atoms with Gasteiger partial charge < -0.3 is 9.13 Å². The van der Waals surface area contributed by atoms with E-state index in [-0.39, 0.29) is 0 Å². The van der Waals surface area contributed by atoms with Gasteiger partial charge in [-0.3, -0.25) is 4.98 Å². The molecule has 3 nitrogen and oxygen atoms in total. The minimum atomic E-state index is 1.15. The molecule has 3 heterocycles. The van der Waals surface area contributed by atoms with Crippen LogP contribution in [0.2, 0.25) is 0 Å². The highest BCUT2D eigenvalue weighted by molar-refractivity contribution is 6.13. The van der Waals surface area contributed by atoms with Crippen LogP contribution in [-0.4, -0.2) is 14.1 Å². The minimum Gasteiger partial charge on any atom is -0.317 e. The maximum atomic E-state index is 4.49. The number of aromatic nitrogens is 3. The number of rotatable bonds is 3. The smallest absolute Gasteiger partial charge is 0.0548 e. The van der Waals surface area contributed by atoms with Crippen LogP contribution < -0.4 is 0 Å². The summed E-state index contributed by atoms with van der Waals surface area (Å²) in [5.41, 5.74) is 8.27. The highest BCUT2D eigenvalue weighted by Crippen LogP contribution is 2.36. The number of para-hydroxylation sites is 2. The first-order valence-corrected chi connectivity index (χ1v) is 12.9. The number of benzene rings is 5. The summed E-state index contributed by atoms with van der Waals surface area (Å²) >= 11 is 0. The summed E-state index contributed by atoms with van der Waals surface area (Å²) in [6, 6.07) is 43.4. The first-order chi connectivity index (χ1) is 18.8. The molecule has 0 radical (unpaired) electrons. The van der Waals surface area contributed by atoms with Crippen LogP contribution >= 0.6 is 0 Å². The van der Waals surface area contributed by atoms with Crippen LogP contribution in [0.1, 0.15) is 0 Å². The molecule has 178 valence electrons. The van der Waals surface area contributed by atoms with E-state index in [1.807, 2.05) is 12.4 Å². The summed E-state index contributed by atoms with van der Waals surface area (Å²) in [4.78, 5) is 4.49. The van der Waals surface area contributed by atoms with Crippen molar-refractivity contribution in [3.63, 3.8) is 0 Å². The zero-order valence-corrected chi connectivity index (χ0v) is 20.6. The van der Waals surface area contributed by atoms with Gasteiger partial charge in [-0.05, 0) is 59.5 Å². The van der Waals surface area contributed by atoms with E-state index in [4.69, 9.17) is 0 Å². The molecule has 8 aromatic rings. The van der Waals surface area contributed by atoms with Crippen molar-refractivity contribution < 1.29 is 0 Å². The second-order valence-electron chi connectivity index (χ2n) is 9.76. The molecule has 0 saturated heterocycles. The highest BCUT2D eigenvalue weighted by Gasteiger charge is 2.15. The number of hydrogen-bond acceptors (Lipinski definition) is 1. The molecular formula is C35H23N3. The van der Waals surface area contributed by atoms with Gasteiger partial charge in [0.2, 0.25) is 0 Å². The normalized spacial score (nSPS) is 11.7. The molecule has 0 aliphatic rings. The Morgan fingerprint density at radius 1 is 0.474 bits per heavy atom. The molecule has 0 fully saturated rings. The first-order valence-electron chi connectivity index (χ1n) is 12.9. The summed E-state index contributed by atoms with van der Waals surface area (Å²) in [5, 5.41) is 6.11. The minimum absolute atomic E-state index is 1.15. The van der Waals surface area contributed by atoms with Crippen LogP contribution in [0.25, 0.3) is 66.0 Å². The van der Waals surface area contributed by atoms with E-state index in [1.165, 1.54) is 49.3 Å². The van der Waals surface area contributed by atoms with E-state index >= 15 is 0 Å². The Labute approximate surface area is 219 Å². The van der Waals surface area contributed by atoms with Crippen molar-refractivity contribution in [1.29, 1.82) is 0 Å². The molecule has 0 bridgehead atoms. The van der Waals surface area contributed by atoms with Gasteiger partial charge in [0, 0.05) is 57.1 Å². The molecule has 0 saturated carbocycles. The lowest BCUT2D eigenvalue weighted by Gasteiger charge is -2.11. The topological polar surface area (TPSA) is 22.8 Å². The van der Waals surface area contributed by atoms with E-state index in [2.05, 4.69) is 142 Å². The molecular weight excluding hydrogens is 462 g/mol. The number of hydrogen-bond donors (Lipinski definition) is 0. The predicted molar refractivity (Wildman–Crippen MR) is 158 cm³/mol. The third kappa shape index (κ3) is 3.12. The zero-order valence-electron chi connectivity index (χ0n) is 20.6. The van der Waals surface area contributed by atoms with E-state index in [0.717, 1.165) is 16.6 Å². The van der Waals surface area contributed by atoms with Crippen molar-refractivity contribution in [1.82, 2.24) is 14.1 Å². The van der Waals surface area contributed by atoms with E-state index in [1.54, 1.807) is 0 Å². The van der Waals surface area contributed by atoms with Crippen LogP contribution in [0.15, 0.2) is 140 Å². The molecule has 0 unspecified atom stereocenters. The maximum absolute atomic E-state index is 4.49. The van der Waals surface area contributed by atoms with Crippen LogP contribution in [0, 0.1) is 0 Å². The third-order valence-electron chi connectivity index (χ3n) is 7.62. The van der Waals surface area contributed by atoms with E-state index < -0.39 is 0 Å². The fourth-order valence-corrected chi connectivity index (χ4v) is 5.83. The second-order valence-corrected chi connectivity index (χ2v) is 9.76. The largest absolute Gasteiger partial charge is 0.317 e. The monoisotopic (exact) mass is 485 g/mol. The van der Waals surface area contributed by atoms with Crippen molar-refractivity contribution >= 4 is 43.5 Å². The molecule has 0 aliphatic heterocycles. The van der Waals surface area contributed by atoms with Gasteiger partial charge >= 0.3 is 0 Å². The van der Waals surface area contributed by atoms with Crippen LogP contribution in [-0.2, 0) is 0 Å². The Morgan fingerprint density at radius 2 is 1.24 bits per heavy atom. The third-order valence-corrected chi connectivity index (χ3v) is 7.62. The number of pyridine rings is 1. The summed E-state index contributed by atoms with van der Waals surface area (Å²) in [7, 11) is 0. The molecule has 38 heavy (non-hydrogen) atoms. The Kier molecular flexibility index (Phi) is 4.52. The summed E-state index contributed by atoms with van der Waals surface area (Å²) < 4.78 is 4.66. The van der Waals surface area contributed by atoms with Crippen LogP contribution in [0.3, 0.4) is 0 Å². The highest BCUT2D eigenvalue weighted by atomic mass is 15.0. The lowest BCUT2D eigenvalue weighted by Crippen LogP contribution is -1.94. The molecule has 0 N–H and O–H groups in total. The Morgan fingerprint density at radius 3 is 2.11 bits per heavy atom. The lowest BCUT2D eigenvalue weighted by atomic mass is 10.0. The molecule has 8 rings (SSSR count). The predicted octanol–water partition coefficient (Wildman–Crippen LogP) is 8.94. The van der Waals surface area contributed by atoms with Gasteiger partial charge in [-0.2, -0.15) is 0 Å². The second kappa shape index (κ2) is 8.19. The molecule has 0 aliphatic carbocycles. The van der Waals surface area contributed by atoms with Gasteiger partial charge in [0.25, 0.3) is 0 Å². The quantitative estimate of drug-likeness (QED) is 0.245. The van der Waals surface area contributed by atoms with Gasteiger partial charge in [0.1, 0.15) is 0 Å². The standard InChI is InChI=1S/C35H23N3/c1-2-9-27(10-3-1)37-19-18-25-20-35-31(21-34(25)37)30-12-6-7-13-33(30)38(35)28-16-14-24(15-17-28)32-23-36-22-26-8-4-5-11-29(26)32/h1-23H. The Balaban J connectivity index is 1.33. The molecule has 5 aromatic carbocycles. The SMILES string of the molecule is c1ccc(-n2ccc3cc4c(cc32)c2ccccc2n4-c2ccc(-c3cncc4ccccc34)cc2)cc1. The molecule has 3 heteroatoms. The van der Waals surface area contributed by atoms with E-state index in [9.17, 15) is 0 Å². The average Bonchev–Trinajstić information content (AvgIpc) is 3.55. The summed E-state index contributed by atoms with van der Waals surface area (Å²) in [6.07, 6.45) is 6.06. The van der Waals surface area contributed by atoms with Gasteiger partial charge in [0.05, 0.1) is 16.6 Å². The average molecular weight is 486 g/mol. The molecule has 0 atom stereocenters. The summed E-state index contributed by atoms with van der Waals surface area (Å²) in [5.74, 6) is 0. The van der Waals surface area contributed by atoms with Gasteiger partial charge in [-0.15, -0.1) is 0 Å². The van der Waals surface area contributed by atoms with Crippen molar-refractivity contribution in [2.75, 3.05) is 0 Å². The fourth-order valence-electron chi connectivity index (χ4n) is 5.83. The zero-order chi connectivity index (χ0) is 25.1. The van der Waals surface area contributed by atoms with Crippen molar-refractivity contribution in [2.24, 2.45) is 0 Å². The molecule has 3 aromatic heterocycles. The summed E-state index contributed by atoms with van der Waals surface area (Å²) in [6.45, 7) is 0. The van der Waals surface area contributed by atoms with Crippen molar-refractivity contribution in [2.45, 2.75) is 0 Å². The van der Waals surface area contributed by atoms with Gasteiger partial charge in [-0.1, -0.05) is 72.8 Å². The van der Waals surface area contributed by atoms with Crippen molar-refractivity contribution in [3.05, 3.63) is 140 Å². The van der Waals surface area contributed by atoms with Gasteiger partial charge in [-0.25, -0.2) is 0 Å². The Bertz CT molecular complexity index is 2110. The fraction of sp³-hybridized carbons (Fsp3) is 0. The van der Waals surface area contributed by atoms with Crippen molar-refractivity contribution in [3.8, 4) is 22.5 Å². The van der Waals surface area contributed by atoms with Crippen LogP contribution in [0.5, 0.6) is 0 Å². The van der Waals surface area contributed by atoms with Crippen LogP contribution in [0.4, 0.5) is 0 Å². The maximum Gasteiger partial charge on any atom is 0.0548 e.